The number of rotatable bonds is 1. The Kier molecular flexibility index (Phi) is 2.97. The molecule has 0 bridgehead atoms. The van der Waals surface area contributed by atoms with Crippen LogP contribution in [-0.2, 0) is 10.2 Å². The smallest absolute Gasteiger partial charge is 0.245 e. The maximum Gasteiger partial charge on any atom is 0.245 e. The van der Waals surface area contributed by atoms with Crippen molar-refractivity contribution in [1.82, 2.24) is 0 Å². The van der Waals surface area contributed by atoms with E-state index < -0.39 is 5.41 Å². The lowest BCUT2D eigenvalue weighted by Crippen LogP contribution is -2.41. The molecule has 1 spiro atoms. The Morgan fingerprint density at radius 2 is 1.82 bits per heavy atom. The van der Waals surface area contributed by atoms with Gasteiger partial charge in [-0.05, 0) is 23.8 Å². The molecular formula is C22H17NO5. The molecule has 0 saturated heterocycles. The van der Waals surface area contributed by atoms with Gasteiger partial charge in [0.05, 0.1) is 12.5 Å². The Labute approximate surface area is 161 Å². The molecule has 3 aliphatic rings. The first-order chi connectivity index (χ1) is 13.7. The molecule has 0 saturated carbocycles. The summed E-state index contributed by atoms with van der Waals surface area (Å²) in [6, 6.07) is 11.6. The van der Waals surface area contributed by atoms with Crippen LogP contribution in [0.25, 0.3) is 11.1 Å². The molecular weight excluding hydrogens is 358 g/mol. The Morgan fingerprint density at radius 1 is 1.00 bits per heavy atom. The largest absolute Gasteiger partial charge is 0.491 e. The number of hydrogen-bond donors (Lipinski definition) is 0. The van der Waals surface area contributed by atoms with E-state index in [0.29, 0.717) is 30.5 Å². The van der Waals surface area contributed by atoms with Crippen molar-refractivity contribution in [2.45, 2.75) is 5.41 Å². The molecule has 0 radical (unpaired) electrons. The van der Waals surface area contributed by atoms with Crippen LogP contribution >= 0.6 is 0 Å². The van der Waals surface area contributed by atoms with Crippen molar-refractivity contribution in [1.29, 1.82) is 0 Å². The van der Waals surface area contributed by atoms with E-state index in [4.69, 9.17) is 18.6 Å². The van der Waals surface area contributed by atoms with Gasteiger partial charge in [0.2, 0.25) is 5.91 Å². The van der Waals surface area contributed by atoms with Gasteiger partial charge >= 0.3 is 0 Å². The molecule has 0 N–H and O–H groups in total. The Morgan fingerprint density at radius 3 is 2.61 bits per heavy atom. The van der Waals surface area contributed by atoms with Gasteiger partial charge in [-0.25, -0.2) is 0 Å². The number of benzene rings is 2. The van der Waals surface area contributed by atoms with Crippen LogP contribution in [0.1, 0.15) is 11.1 Å². The number of likely N-dealkylation sites (N-methyl/N-ethyl adjacent to an activating group) is 1. The number of fused-ring (bicyclic) bond motifs is 5. The highest BCUT2D eigenvalue weighted by Crippen LogP contribution is 2.56. The topological polar surface area (TPSA) is 61.1 Å². The second-order valence-electron chi connectivity index (χ2n) is 7.26. The van der Waals surface area contributed by atoms with E-state index in [2.05, 4.69) is 0 Å². The molecule has 6 rings (SSSR count). The van der Waals surface area contributed by atoms with Crippen molar-refractivity contribution in [3.05, 3.63) is 60.1 Å². The first-order valence-electron chi connectivity index (χ1n) is 9.21. The van der Waals surface area contributed by atoms with Gasteiger partial charge in [-0.2, -0.15) is 0 Å². The summed E-state index contributed by atoms with van der Waals surface area (Å²) in [5, 5.41) is 0. The first kappa shape index (κ1) is 15.6. The lowest BCUT2D eigenvalue weighted by atomic mass is 9.74. The van der Waals surface area contributed by atoms with Crippen molar-refractivity contribution in [3.8, 4) is 28.4 Å². The third-order valence-corrected chi connectivity index (χ3v) is 5.88. The lowest BCUT2D eigenvalue weighted by molar-refractivity contribution is -0.121. The highest BCUT2D eigenvalue weighted by molar-refractivity contribution is 6.13. The van der Waals surface area contributed by atoms with E-state index in [1.54, 1.807) is 17.4 Å². The standard InChI is InChI=1S/C22H17NO5/c1-23-16-4-2-3-14(13-5-6-25-11-13)20(16)22(21(23)24)12-28-17-10-19-18(9-15(17)22)26-7-8-27-19/h2-6,9-11H,7-8,12H2,1H3. The van der Waals surface area contributed by atoms with E-state index in [9.17, 15) is 4.79 Å². The van der Waals surface area contributed by atoms with E-state index in [0.717, 1.165) is 27.9 Å². The minimum Gasteiger partial charge on any atom is -0.491 e. The molecule has 28 heavy (non-hydrogen) atoms. The minimum absolute atomic E-state index is 0.00567. The van der Waals surface area contributed by atoms with Crippen LogP contribution < -0.4 is 19.1 Å². The first-order valence-corrected chi connectivity index (χ1v) is 9.21. The Bertz CT molecular complexity index is 1120. The normalized spacial score (nSPS) is 21.6. The summed E-state index contributed by atoms with van der Waals surface area (Å²) in [7, 11) is 1.81. The van der Waals surface area contributed by atoms with Crippen LogP contribution in [0.4, 0.5) is 5.69 Å². The molecule has 0 aliphatic carbocycles. The summed E-state index contributed by atoms with van der Waals surface area (Å²) in [5.74, 6) is 1.97. The number of amides is 1. The number of carbonyl (C=O) groups excluding carboxylic acids is 1. The van der Waals surface area contributed by atoms with Crippen LogP contribution in [0.2, 0.25) is 0 Å². The monoisotopic (exact) mass is 375 g/mol. The highest BCUT2D eigenvalue weighted by Gasteiger charge is 2.57. The van der Waals surface area contributed by atoms with Crippen molar-refractivity contribution in [2.75, 3.05) is 31.8 Å². The molecule has 6 nitrogen and oxygen atoms in total. The van der Waals surface area contributed by atoms with Crippen LogP contribution in [0, 0.1) is 0 Å². The van der Waals surface area contributed by atoms with Crippen LogP contribution in [-0.4, -0.2) is 32.8 Å². The third-order valence-electron chi connectivity index (χ3n) is 5.88. The van der Waals surface area contributed by atoms with Gasteiger partial charge in [0.25, 0.3) is 0 Å². The minimum atomic E-state index is -0.914. The summed E-state index contributed by atoms with van der Waals surface area (Å²) in [6.07, 6.45) is 3.34. The predicted octanol–water partition coefficient (Wildman–Crippen LogP) is 3.37. The van der Waals surface area contributed by atoms with Crippen molar-refractivity contribution >= 4 is 11.6 Å². The zero-order valence-corrected chi connectivity index (χ0v) is 15.2. The van der Waals surface area contributed by atoms with Crippen molar-refractivity contribution in [2.24, 2.45) is 0 Å². The van der Waals surface area contributed by atoms with E-state index in [-0.39, 0.29) is 12.5 Å². The van der Waals surface area contributed by atoms with Gasteiger partial charge in [0.1, 0.15) is 31.0 Å². The van der Waals surface area contributed by atoms with Crippen LogP contribution in [0.5, 0.6) is 17.2 Å². The second-order valence-corrected chi connectivity index (χ2v) is 7.26. The maximum absolute atomic E-state index is 13.6. The molecule has 0 fully saturated rings. The maximum atomic E-state index is 13.6. The second kappa shape index (κ2) is 5.32. The summed E-state index contributed by atoms with van der Waals surface area (Å²) in [4.78, 5) is 15.3. The van der Waals surface area contributed by atoms with Gasteiger partial charge in [0.15, 0.2) is 11.5 Å². The number of nitrogens with zero attached hydrogens (tertiary/aromatic N) is 1. The van der Waals surface area contributed by atoms with E-state index in [1.807, 2.05) is 43.4 Å². The zero-order chi connectivity index (χ0) is 18.9. The van der Waals surface area contributed by atoms with E-state index in [1.165, 1.54) is 0 Å². The fourth-order valence-electron chi connectivity index (χ4n) is 4.60. The van der Waals surface area contributed by atoms with Crippen molar-refractivity contribution < 1.29 is 23.4 Å². The average Bonchev–Trinajstić information content (AvgIpc) is 3.43. The number of anilines is 1. The van der Waals surface area contributed by atoms with Crippen LogP contribution in [0.3, 0.4) is 0 Å². The fourth-order valence-corrected chi connectivity index (χ4v) is 4.60. The molecule has 140 valence electrons. The molecule has 3 aliphatic heterocycles. The molecule has 1 atom stereocenters. The van der Waals surface area contributed by atoms with Gasteiger partial charge in [-0.1, -0.05) is 12.1 Å². The molecule has 4 heterocycles. The SMILES string of the molecule is CN1C(=O)C2(COc3cc4c(cc32)OCCO4)c2c(-c3ccoc3)cccc21. The molecule has 1 amide bonds. The lowest BCUT2D eigenvalue weighted by Gasteiger charge is -2.25. The number of carbonyl (C=O) groups is 1. The molecule has 6 heteroatoms. The predicted molar refractivity (Wildman–Crippen MR) is 101 cm³/mol. The summed E-state index contributed by atoms with van der Waals surface area (Å²) < 4.78 is 22.8. The third kappa shape index (κ3) is 1.80. The van der Waals surface area contributed by atoms with Crippen molar-refractivity contribution in [3.63, 3.8) is 0 Å². The molecule has 1 unspecified atom stereocenters. The fraction of sp³-hybridized carbons (Fsp3) is 0.227. The Hall–Kier alpha value is -3.41. The van der Waals surface area contributed by atoms with Gasteiger partial charge in [-0.15, -0.1) is 0 Å². The van der Waals surface area contributed by atoms with Gasteiger partial charge in [-0.3, -0.25) is 4.79 Å². The molecule has 3 aromatic rings. The quantitative estimate of drug-likeness (QED) is 0.653. The van der Waals surface area contributed by atoms with E-state index >= 15 is 0 Å². The van der Waals surface area contributed by atoms with Crippen LogP contribution in [0.15, 0.2) is 53.3 Å². The average molecular weight is 375 g/mol. The molecule has 1 aromatic heterocycles. The summed E-state index contributed by atoms with van der Waals surface area (Å²) in [6.45, 7) is 1.24. The number of furan rings is 1. The van der Waals surface area contributed by atoms with Gasteiger partial charge < -0.3 is 23.5 Å². The number of hydrogen-bond acceptors (Lipinski definition) is 5. The summed E-state index contributed by atoms with van der Waals surface area (Å²) >= 11 is 0. The Balaban J connectivity index is 1.65. The summed E-state index contributed by atoms with van der Waals surface area (Å²) in [5.41, 5.74) is 3.64. The zero-order valence-electron chi connectivity index (χ0n) is 15.2. The highest BCUT2D eigenvalue weighted by atomic mass is 16.6. The number of ether oxygens (including phenoxy) is 3. The molecule has 2 aromatic carbocycles. The van der Waals surface area contributed by atoms with Gasteiger partial charge in [0, 0.05) is 35.5 Å².